The molecule has 0 aromatic rings. The van der Waals surface area contributed by atoms with E-state index in [2.05, 4.69) is 56.1 Å². The first kappa shape index (κ1) is 17.9. The van der Waals surface area contributed by atoms with Crippen LogP contribution in [0.3, 0.4) is 0 Å². The van der Waals surface area contributed by atoms with E-state index in [-0.39, 0.29) is 0 Å². The number of hydrogen-bond donors (Lipinski definition) is 0. The van der Waals surface area contributed by atoms with Gasteiger partial charge in [0.2, 0.25) is 0 Å². The Morgan fingerprint density at radius 1 is 0.722 bits per heavy atom. The normalized spacial score (nSPS) is 14.0. The standard InChI is InChI=1S/C16H38N2/c1-9-16(2,12-10-14-17(3,4)5)13-11-15-18(6,7)8/h9-15H2,1-8H3/q+2. The minimum atomic E-state index is 0.560. The summed E-state index contributed by atoms with van der Waals surface area (Å²) in [6.45, 7) is 7.44. The molecule has 0 fully saturated rings. The number of nitrogens with zero attached hydrogens (tertiary/aromatic N) is 2. The van der Waals surface area contributed by atoms with Gasteiger partial charge < -0.3 is 8.97 Å². The minimum absolute atomic E-state index is 0.560. The van der Waals surface area contributed by atoms with Crippen LogP contribution in [0, 0.1) is 5.41 Å². The summed E-state index contributed by atoms with van der Waals surface area (Å²) in [6, 6.07) is 0. The van der Waals surface area contributed by atoms with Gasteiger partial charge in [-0.25, -0.2) is 0 Å². The highest BCUT2D eigenvalue weighted by Crippen LogP contribution is 2.33. The van der Waals surface area contributed by atoms with E-state index in [4.69, 9.17) is 0 Å². The SMILES string of the molecule is CCC(C)(CCC[N+](C)(C)C)CCC[N+](C)(C)C. The molecule has 0 rings (SSSR count). The third-order valence-corrected chi connectivity index (χ3v) is 4.07. The van der Waals surface area contributed by atoms with Gasteiger partial charge in [-0.1, -0.05) is 20.3 Å². The van der Waals surface area contributed by atoms with Crippen LogP contribution in [-0.2, 0) is 0 Å². The monoisotopic (exact) mass is 258 g/mol. The van der Waals surface area contributed by atoms with Gasteiger partial charge >= 0.3 is 0 Å². The Balaban J connectivity index is 4.03. The maximum Gasteiger partial charge on any atom is 0.0780 e. The van der Waals surface area contributed by atoms with Gasteiger partial charge in [0.1, 0.15) is 0 Å². The summed E-state index contributed by atoms with van der Waals surface area (Å²) in [5, 5.41) is 0. The van der Waals surface area contributed by atoms with Gasteiger partial charge in [0, 0.05) is 0 Å². The van der Waals surface area contributed by atoms with Gasteiger partial charge in [0.15, 0.2) is 0 Å². The van der Waals surface area contributed by atoms with Gasteiger partial charge in [-0.3, -0.25) is 0 Å². The summed E-state index contributed by atoms with van der Waals surface area (Å²) >= 11 is 0. The Bertz CT molecular complexity index is 200. The fraction of sp³-hybridized carbons (Fsp3) is 1.00. The maximum atomic E-state index is 2.48. The predicted molar refractivity (Wildman–Crippen MR) is 82.7 cm³/mol. The van der Waals surface area contributed by atoms with Crippen molar-refractivity contribution in [3.63, 3.8) is 0 Å². The molecule has 0 aromatic heterocycles. The van der Waals surface area contributed by atoms with E-state index < -0.39 is 0 Å². The second-order valence-corrected chi connectivity index (χ2v) is 8.40. The van der Waals surface area contributed by atoms with Gasteiger partial charge in [-0.15, -0.1) is 0 Å². The van der Waals surface area contributed by atoms with Crippen molar-refractivity contribution >= 4 is 0 Å². The number of rotatable bonds is 9. The molecule has 0 aliphatic rings. The van der Waals surface area contributed by atoms with Crippen LogP contribution in [-0.4, -0.2) is 64.3 Å². The van der Waals surface area contributed by atoms with E-state index in [0.29, 0.717) is 5.41 Å². The molecule has 0 saturated carbocycles. The molecule has 2 heteroatoms. The molecule has 0 unspecified atom stereocenters. The van der Waals surface area contributed by atoms with Crippen molar-refractivity contribution in [1.29, 1.82) is 0 Å². The summed E-state index contributed by atoms with van der Waals surface area (Å²) in [7, 11) is 13.8. The Labute approximate surface area is 116 Å². The molecule has 0 aliphatic heterocycles. The van der Waals surface area contributed by atoms with Gasteiger partial charge in [-0.05, 0) is 31.1 Å². The van der Waals surface area contributed by atoms with Crippen LogP contribution < -0.4 is 0 Å². The van der Waals surface area contributed by atoms with Crippen LogP contribution in [0.2, 0.25) is 0 Å². The predicted octanol–water partition coefficient (Wildman–Crippen LogP) is 3.38. The molecule has 0 amide bonds. The van der Waals surface area contributed by atoms with Gasteiger partial charge in [-0.2, -0.15) is 0 Å². The van der Waals surface area contributed by atoms with Crippen LogP contribution in [0.4, 0.5) is 0 Å². The Hall–Kier alpha value is -0.0800. The summed E-state index contributed by atoms with van der Waals surface area (Å²) in [4.78, 5) is 0. The van der Waals surface area contributed by atoms with Crippen LogP contribution >= 0.6 is 0 Å². The first-order valence-electron chi connectivity index (χ1n) is 7.58. The summed E-state index contributed by atoms with van der Waals surface area (Å²) in [6.07, 6.45) is 6.81. The van der Waals surface area contributed by atoms with Crippen LogP contribution in [0.1, 0.15) is 46.0 Å². The van der Waals surface area contributed by atoms with Crippen LogP contribution in [0.5, 0.6) is 0 Å². The zero-order valence-corrected chi connectivity index (χ0v) is 14.3. The third kappa shape index (κ3) is 9.90. The molecule has 18 heavy (non-hydrogen) atoms. The lowest BCUT2D eigenvalue weighted by Gasteiger charge is -2.32. The van der Waals surface area contributed by atoms with Gasteiger partial charge in [0.25, 0.3) is 0 Å². The molecule has 0 aromatic carbocycles. The quantitative estimate of drug-likeness (QED) is 0.556. The average Bonchev–Trinajstić information content (AvgIpc) is 2.13. The lowest BCUT2D eigenvalue weighted by atomic mass is 9.78. The van der Waals surface area contributed by atoms with E-state index in [9.17, 15) is 0 Å². The largest absolute Gasteiger partial charge is 0.331 e. The fourth-order valence-corrected chi connectivity index (χ4v) is 2.44. The molecule has 0 aliphatic carbocycles. The molecule has 110 valence electrons. The van der Waals surface area contributed by atoms with Crippen LogP contribution in [0.15, 0.2) is 0 Å². The molecular weight excluding hydrogens is 220 g/mol. The van der Waals surface area contributed by atoms with E-state index in [1.165, 1.54) is 45.2 Å². The first-order valence-corrected chi connectivity index (χ1v) is 7.58. The van der Waals surface area contributed by atoms with Crippen LogP contribution in [0.25, 0.3) is 0 Å². The Morgan fingerprint density at radius 2 is 1.06 bits per heavy atom. The smallest absolute Gasteiger partial charge is 0.0780 e. The molecule has 0 saturated heterocycles. The zero-order valence-electron chi connectivity index (χ0n) is 14.3. The molecule has 0 N–H and O–H groups in total. The van der Waals surface area contributed by atoms with E-state index in [1.54, 1.807) is 0 Å². The fourth-order valence-electron chi connectivity index (χ4n) is 2.44. The first-order chi connectivity index (χ1) is 7.97. The second-order valence-electron chi connectivity index (χ2n) is 8.40. The second kappa shape index (κ2) is 6.91. The van der Waals surface area contributed by atoms with Crippen molar-refractivity contribution in [3.05, 3.63) is 0 Å². The molecule has 0 bridgehead atoms. The lowest BCUT2D eigenvalue weighted by molar-refractivity contribution is -0.871. The third-order valence-electron chi connectivity index (χ3n) is 4.07. The average molecular weight is 258 g/mol. The zero-order chi connectivity index (χ0) is 14.4. The highest BCUT2D eigenvalue weighted by atomic mass is 15.3. The maximum absolute atomic E-state index is 2.48. The van der Waals surface area contributed by atoms with E-state index in [1.807, 2.05) is 0 Å². The molecule has 0 atom stereocenters. The Morgan fingerprint density at radius 3 is 1.28 bits per heavy atom. The Kier molecular flexibility index (Phi) is 6.87. The van der Waals surface area contributed by atoms with Crippen molar-refractivity contribution < 1.29 is 8.97 Å². The summed E-state index contributed by atoms with van der Waals surface area (Å²) in [5.41, 5.74) is 0.560. The lowest BCUT2D eigenvalue weighted by Crippen LogP contribution is -2.37. The highest BCUT2D eigenvalue weighted by molar-refractivity contribution is 4.72. The van der Waals surface area contributed by atoms with Crippen molar-refractivity contribution in [2.45, 2.75) is 46.0 Å². The number of hydrogen-bond acceptors (Lipinski definition) is 0. The van der Waals surface area contributed by atoms with E-state index in [0.717, 1.165) is 8.97 Å². The summed E-state index contributed by atoms with van der Waals surface area (Å²) in [5.74, 6) is 0. The van der Waals surface area contributed by atoms with Gasteiger partial charge in [0.05, 0.1) is 55.4 Å². The molecule has 0 spiro atoms. The van der Waals surface area contributed by atoms with Crippen molar-refractivity contribution in [1.82, 2.24) is 0 Å². The van der Waals surface area contributed by atoms with Crippen molar-refractivity contribution in [2.75, 3.05) is 55.4 Å². The topological polar surface area (TPSA) is 0 Å². The van der Waals surface area contributed by atoms with E-state index >= 15 is 0 Å². The van der Waals surface area contributed by atoms with Crippen molar-refractivity contribution in [2.24, 2.45) is 5.41 Å². The minimum Gasteiger partial charge on any atom is -0.331 e. The van der Waals surface area contributed by atoms with Crippen molar-refractivity contribution in [3.8, 4) is 0 Å². The number of quaternary nitrogens is 2. The molecule has 0 heterocycles. The molecular formula is C16H38N2+2. The molecule has 2 nitrogen and oxygen atoms in total. The summed E-state index contributed by atoms with van der Waals surface area (Å²) < 4.78 is 2.19. The molecule has 0 radical (unpaired) electrons. The highest BCUT2D eigenvalue weighted by Gasteiger charge is 2.23.